The van der Waals surface area contributed by atoms with Crippen LogP contribution in [-0.4, -0.2) is 49.3 Å². The maximum Gasteiger partial charge on any atom is 0.422 e. The van der Waals surface area contributed by atoms with Gasteiger partial charge in [-0.25, -0.2) is 0 Å². The Labute approximate surface area is 152 Å². The molecule has 3 aliphatic rings. The number of fused-ring (bicyclic) bond motifs is 5. The molecule has 0 N–H and O–H groups in total. The van der Waals surface area contributed by atoms with E-state index in [4.69, 9.17) is 9.47 Å². The standard InChI is InChI=1S/C17H22F6O4/c1-8-11(27-13-10-4-3-9(5-10)12(13)26-8)6-15(2,17(21,22)23)14(24)25-7-16(18,19)20/h8-13H,3-7H2,1-2H3. The summed E-state index contributed by atoms with van der Waals surface area (Å²) in [6, 6.07) is 0. The van der Waals surface area contributed by atoms with Crippen LogP contribution in [0.3, 0.4) is 0 Å². The molecule has 2 aliphatic carbocycles. The van der Waals surface area contributed by atoms with E-state index in [0.29, 0.717) is 12.8 Å². The van der Waals surface area contributed by atoms with E-state index in [1.165, 1.54) is 0 Å². The number of ether oxygens (including phenoxy) is 3. The van der Waals surface area contributed by atoms with Gasteiger partial charge in [-0.15, -0.1) is 0 Å². The fourth-order valence-corrected chi connectivity index (χ4v) is 4.45. The first-order valence-corrected chi connectivity index (χ1v) is 8.93. The van der Waals surface area contributed by atoms with Gasteiger partial charge >= 0.3 is 18.3 Å². The zero-order valence-electron chi connectivity index (χ0n) is 14.9. The van der Waals surface area contributed by atoms with Crippen LogP contribution in [0, 0.1) is 17.3 Å². The second-order valence-corrected chi connectivity index (χ2v) is 8.00. The summed E-state index contributed by atoms with van der Waals surface area (Å²) >= 11 is 0. The molecule has 7 unspecified atom stereocenters. The number of rotatable bonds is 4. The largest absolute Gasteiger partial charge is 0.455 e. The van der Waals surface area contributed by atoms with Crippen LogP contribution < -0.4 is 0 Å². The average molecular weight is 404 g/mol. The molecule has 27 heavy (non-hydrogen) atoms. The Morgan fingerprint density at radius 2 is 1.59 bits per heavy atom. The van der Waals surface area contributed by atoms with Gasteiger partial charge < -0.3 is 14.2 Å². The molecule has 2 bridgehead atoms. The van der Waals surface area contributed by atoms with E-state index >= 15 is 0 Å². The van der Waals surface area contributed by atoms with E-state index < -0.39 is 49.0 Å². The minimum atomic E-state index is -5.09. The second kappa shape index (κ2) is 6.79. The first kappa shape index (κ1) is 20.7. The maximum absolute atomic E-state index is 13.6. The molecule has 2 saturated carbocycles. The lowest BCUT2D eigenvalue weighted by Crippen LogP contribution is -2.55. The third-order valence-electron chi connectivity index (χ3n) is 6.05. The van der Waals surface area contributed by atoms with E-state index in [2.05, 4.69) is 4.74 Å². The lowest BCUT2D eigenvalue weighted by molar-refractivity contribution is -0.270. The van der Waals surface area contributed by atoms with Crippen LogP contribution >= 0.6 is 0 Å². The molecular weight excluding hydrogens is 382 g/mol. The van der Waals surface area contributed by atoms with Crippen molar-refractivity contribution in [3.63, 3.8) is 0 Å². The van der Waals surface area contributed by atoms with Crippen molar-refractivity contribution in [2.45, 2.75) is 76.3 Å². The molecule has 3 fully saturated rings. The van der Waals surface area contributed by atoms with E-state index in [9.17, 15) is 31.1 Å². The first-order chi connectivity index (χ1) is 12.3. The number of hydrogen-bond acceptors (Lipinski definition) is 4. The lowest BCUT2D eigenvalue weighted by atomic mass is 9.81. The Kier molecular flexibility index (Phi) is 5.20. The minimum absolute atomic E-state index is 0.163. The van der Waals surface area contributed by atoms with Crippen LogP contribution in [-0.2, 0) is 19.0 Å². The van der Waals surface area contributed by atoms with Gasteiger partial charge in [0, 0.05) is 6.42 Å². The van der Waals surface area contributed by atoms with E-state index in [1.807, 2.05) is 0 Å². The highest BCUT2D eigenvalue weighted by atomic mass is 19.4. The van der Waals surface area contributed by atoms with Gasteiger partial charge in [-0.3, -0.25) is 4.79 Å². The minimum Gasteiger partial charge on any atom is -0.455 e. The summed E-state index contributed by atoms with van der Waals surface area (Å²) in [5, 5.41) is 0. The molecule has 0 amide bonds. The quantitative estimate of drug-likeness (QED) is 0.525. The number of hydrogen-bond donors (Lipinski definition) is 0. The first-order valence-electron chi connectivity index (χ1n) is 8.93. The highest BCUT2D eigenvalue weighted by Gasteiger charge is 2.61. The molecular formula is C17H22F6O4. The monoisotopic (exact) mass is 404 g/mol. The van der Waals surface area contributed by atoms with Crippen molar-refractivity contribution in [2.75, 3.05) is 6.61 Å². The van der Waals surface area contributed by atoms with Gasteiger partial charge in [-0.2, -0.15) is 26.3 Å². The van der Waals surface area contributed by atoms with Crippen molar-refractivity contribution in [1.29, 1.82) is 0 Å². The molecule has 0 radical (unpaired) electrons. The van der Waals surface area contributed by atoms with Crippen LogP contribution in [0.25, 0.3) is 0 Å². The number of esters is 1. The summed E-state index contributed by atoms with van der Waals surface area (Å²) in [5.74, 6) is -1.42. The Morgan fingerprint density at radius 1 is 1.04 bits per heavy atom. The van der Waals surface area contributed by atoms with Crippen LogP contribution in [0.1, 0.15) is 39.5 Å². The summed E-state index contributed by atoms with van der Waals surface area (Å²) in [4.78, 5) is 12.0. The molecule has 7 atom stereocenters. The molecule has 1 heterocycles. The molecule has 10 heteroatoms. The van der Waals surface area contributed by atoms with Gasteiger partial charge in [0.1, 0.15) is 0 Å². The summed E-state index contributed by atoms with van der Waals surface area (Å²) in [7, 11) is 0. The number of carbonyl (C=O) groups is 1. The van der Waals surface area contributed by atoms with Gasteiger partial charge in [0.2, 0.25) is 0 Å². The molecule has 1 aliphatic heterocycles. The van der Waals surface area contributed by atoms with Gasteiger partial charge in [0.15, 0.2) is 12.0 Å². The smallest absolute Gasteiger partial charge is 0.422 e. The average Bonchev–Trinajstić information content (AvgIpc) is 3.13. The van der Waals surface area contributed by atoms with Crippen molar-refractivity contribution in [1.82, 2.24) is 0 Å². The van der Waals surface area contributed by atoms with Crippen LogP contribution in [0.15, 0.2) is 0 Å². The highest BCUT2D eigenvalue weighted by Crippen LogP contribution is 2.52. The normalized spacial score (nSPS) is 38.4. The highest BCUT2D eigenvalue weighted by molar-refractivity contribution is 5.77. The van der Waals surface area contributed by atoms with Crippen molar-refractivity contribution < 1.29 is 45.3 Å². The Hall–Kier alpha value is -1.03. The van der Waals surface area contributed by atoms with Gasteiger partial charge in [0.05, 0.1) is 24.4 Å². The van der Waals surface area contributed by atoms with Crippen molar-refractivity contribution in [3.05, 3.63) is 0 Å². The number of halogens is 6. The molecule has 0 aromatic carbocycles. The van der Waals surface area contributed by atoms with E-state index in [1.54, 1.807) is 6.92 Å². The predicted octanol–water partition coefficient (Wildman–Crippen LogP) is 4.02. The zero-order chi connectivity index (χ0) is 20.2. The second-order valence-electron chi connectivity index (χ2n) is 8.00. The van der Waals surface area contributed by atoms with Gasteiger partial charge in [-0.05, 0) is 44.9 Å². The van der Waals surface area contributed by atoms with Crippen molar-refractivity contribution in [3.8, 4) is 0 Å². The molecule has 4 nitrogen and oxygen atoms in total. The molecule has 0 aromatic heterocycles. The Bertz CT molecular complexity index is 577. The molecule has 0 spiro atoms. The molecule has 1 saturated heterocycles. The predicted molar refractivity (Wildman–Crippen MR) is 79.6 cm³/mol. The third-order valence-corrected chi connectivity index (χ3v) is 6.05. The fraction of sp³-hybridized carbons (Fsp3) is 0.941. The van der Waals surface area contributed by atoms with Gasteiger partial charge in [0.25, 0.3) is 0 Å². The summed E-state index contributed by atoms with van der Waals surface area (Å²) in [5.41, 5.74) is -3.12. The Morgan fingerprint density at radius 3 is 2.11 bits per heavy atom. The number of alkyl halides is 6. The topological polar surface area (TPSA) is 44.8 Å². The van der Waals surface area contributed by atoms with Crippen LogP contribution in [0.5, 0.6) is 0 Å². The summed E-state index contributed by atoms with van der Waals surface area (Å²) in [6.45, 7) is 0.0446. The van der Waals surface area contributed by atoms with Crippen molar-refractivity contribution >= 4 is 5.97 Å². The molecule has 156 valence electrons. The summed E-state index contributed by atoms with van der Waals surface area (Å²) in [6.07, 6.45) is -10.3. The van der Waals surface area contributed by atoms with Crippen LogP contribution in [0.4, 0.5) is 26.3 Å². The zero-order valence-corrected chi connectivity index (χ0v) is 14.9. The maximum atomic E-state index is 13.6. The number of carbonyl (C=O) groups excluding carboxylic acids is 1. The van der Waals surface area contributed by atoms with Crippen molar-refractivity contribution in [2.24, 2.45) is 17.3 Å². The third kappa shape index (κ3) is 3.92. The summed E-state index contributed by atoms with van der Waals surface area (Å²) < 4.78 is 93.2. The van der Waals surface area contributed by atoms with E-state index in [0.717, 1.165) is 19.3 Å². The SMILES string of the molecule is CC1OC2C3CCC(C3)C2OC1CC(C)(C(=O)OCC(F)(F)F)C(F)(F)F. The molecule has 3 rings (SSSR count). The molecule has 0 aromatic rings. The van der Waals surface area contributed by atoms with Crippen LogP contribution in [0.2, 0.25) is 0 Å². The van der Waals surface area contributed by atoms with Gasteiger partial charge in [-0.1, -0.05) is 0 Å². The lowest BCUT2D eigenvalue weighted by Gasteiger charge is -2.45. The van der Waals surface area contributed by atoms with E-state index in [-0.39, 0.29) is 18.1 Å². The fourth-order valence-electron chi connectivity index (χ4n) is 4.45. The Balaban J connectivity index is 1.73.